The summed E-state index contributed by atoms with van der Waals surface area (Å²) in [5.74, 6) is 0.757. The number of ether oxygens (including phenoxy) is 1. The molecule has 2 unspecified atom stereocenters. The summed E-state index contributed by atoms with van der Waals surface area (Å²) in [6.45, 7) is 3.42. The lowest BCUT2D eigenvalue weighted by Gasteiger charge is -2.28. The van der Waals surface area contributed by atoms with Crippen molar-refractivity contribution in [1.29, 1.82) is 0 Å². The van der Waals surface area contributed by atoms with Crippen molar-refractivity contribution in [3.63, 3.8) is 0 Å². The second-order valence-electron chi connectivity index (χ2n) is 9.42. The molecule has 3 aromatic rings. The lowest BCUT2D eigenvalue weighted by atomic mass is 10.0. The molecule has 0 saturated carbocycles. The van der Waals surface area contributed by atoms with Gasteiger partial charge in [0.2, 0.25) is 10.0 Å². The minimum Gasteiger partial charge on any atom is -0.479 e. The first-order chi connectivity index (χ1) is 16.7. The Kier molecular flexibility index (Phi) is 6.78. The van der Waals surface area contributed by atoms with Gasteiger partial charge in [-0.15, -0.1) is 11.3 Å². The number of nitrogens with one attached hydrogen (secondary N) is 1. The second-order valence-corrected chi connectivity index (χ2v) is 12.8. The van der Waals surface area contributed by atoms with E-state index in [1.54, 1.807) is 17.5 Å². The Hall–Kier alpha value is -2.20. The summed E-state index contributed by atoms with van der Waals surface area (Å²) in [6, 6.07) is 7.48. The van der Waals surface area contributed by atoms with Crippen LogP contribution in [0.5, 0.6) is 5.75 Å². The first-order valence-corrected chi connectivity index (χ1v) is 14.9. The van der Waals surface area contributed by atoms with Gasteiger partial charge in [-0.1, -0.05) is 11.6 Å². The fourth-order valence-electron chi connectivity index (χ4n) is 4.99. The van der Waals surface area contributed by atoms with E-state index in [1.165, 1.54) is 6.42 Å². The molecule has 2 aliphatic rings. The summed E-state index contributed by atoms with van der Waals surface area (Å²) < 4.78 is 33.1. The molecule has 35 heavy (non-hydrogen) atoms. The van der Waals surface area contributed by atoms with Crippen LogP contribution in [0.3, 0.4) is 0 Å². The molecule has 10 heteroatoms. The van der Waals surface area contributed by atoms with Crippen LogP contribution in [0.15, 0.2) is 30.5 Å². The lowest BCUT2D eigenvalue weighted by molar-refractivity contribution is -0.138. The summed E-state index contributed by atoms with van der Waals surface area (Å²) in [5.41, 5.74) is 3.57. The highest BCUT2D eigenvalue weighted by molar-refractivity contribution is 7.88. The minimum atomic E-state index is -3.28. The van der Waals surface area contributed by atoms with E-state index in [0.29, 0.717) is 23.6 Å². The topological polar surface area (TPSA) is 88.6 Å². The third kappa shape index (κ3) is 5.33. The highest BCUT2D eigenvalue weighted by Crippen LogP contribution is 2.45. The normalized spacial score (nSPS) is 18.9. The highest BCUT2D eigenvalue weighted by atomic mass is 35.5. The van der Waals surface area contributed by atoms with Crippen LogP contribution < -0.4 is 9.46 Å². The summed E-state index contributed by atoms with van der Waals surface area (Å²) >= 11 is 8.10. The fraction of sp³-hybridized carbons (Fsp3) is 0.440. The van der Waals surface area contributed by atoms with E-state index in [-0.39, 0.29) is 11.9 Å². The molecule has 2 atom stereocenters. The first kappa shape index (κ1) is 24.5. The molecule has 1 saturated heterocycles. The number of amides is 1. The van der Waals surface area contributed by atoms with Gasteiger partial charge in [0, 0.05) is 58.3 Å². The molecule has 0 aliphatic carbocycles. The van der Waals surface area contributed by atoms with Crippen molar-refractivity contribution in [1.82, 2.24) is 14.6 Å². The molecule has 2 aromatic heterocycles. The van der Waals surface area contributed by atoms with Gasteiger partial charge in [0.15, 0.2) is 6.10 Å². The van der Waals surface area contributed by atoms with Crippen LogP contribution >= 0.6 is 22.9 Å². The number of pyridine rings is 1. The number of thiophene rings is 1. The standard InChI is InChI=1S/C25H28ClN3O4S2/c1-15(28-35(2,31)32)10-18-14-21-24(34-18)19(6-7-27-21)20-13-17(26)11-16-12-22(33-23(16)20)25(30)29-8-4-3-5-9-29/h6-7,11,13-15,22,28H,3-5,8-10,12H2,1-2H3. The van der Waals surface area contributed by atoms with Crippen LogP contribution in [0.2, 0.25) is 5.02 Å². The first-order valence-electron chi connectivity index (χ1n) is 11.8. The molecule has 1 N–H and O–H groups in total. The van der Waals surface area contributed by atoms with Crippen molar-refractivity contribution < 1.29 is 17.9 Å². The smallest absolute Gasteiger partial charge is 0.263 e. The Bertz CT molecular complexity index is 1380. The largest absolute Gasteiger partial charge is 0.479 e. The van der Waals surface area contributed by atoms with E-state index in [0.717, 1.165) is 64.0 Å². The Morgan fingerprint density at radius 2 is 2.03 bits per heavy atom. The van der Waals surface area contributed by atoms with Crippen molar-refractivity contribution >= 4 is 49.1 Å². The number of nitrogens with zero attached hydrogens (tertiary/aromatic N) is 2. The molecule has 4 heterocycles. The number of carbonyl (C=O) groups excluding carboxylic acids is 1. The van der Waals surface area contributed by atoms with Crippen LogP contribution in [-0.4, -0.2) is 55.7 Å². The molecular formula is C25H28ClN3O4S2. The summed E-state index contributed by atoms with van der Waals surface area (Å²) in [4.78, 5) is 20.6. The fourth-order valence-corrected chi connectivity index (χ4v) is 7.31. The maximum atomic E-state index is 13.1. The number of hydrogen-bond acceptors (Lipinski definition) is 6. The van der Waals surface area contributed by atoms with Crippen LogP contribution in [0.25, 0.3) is 21.3 Å². The van der Waals surface area contributed by atoms with Gasteiger partial charge in [0.25, 0.3) is 5.91 Å². The number of likely N-dealkylation sites (tertiary alicyclic amines) is 1. The molecule has 1 fully saturated rings. The van der Waals surface area contributed by atoms with E-state index in [1.807, 2.05) is 36.1 Å². The number of halogens is 1. The number of piperidine rings is 1. The third-order valence-electron chi connectivity index (χ3n) is 6.41. The van der Waals surface area contributed by atoms with E-state index < -0.39 is 16.1 Å². The number of carbonyl (C=O) groups is 1. The number of aromatic nitrogens is 1. The van der Waals surface area contributed by atoms with Crippen molar-refractivity contribution in [2.45, 2.75) is 51.2 Å². The molecule has 1 amide bonds. The van der Waals surface area contributed by atoms with Crippen LogP contribution in [0.1, 0.15) is 36.6 Å². The zero-order valence-electron chi connectivity index (χ0n) is 19.7. The van der Waals surface area contributed by atoms with E-state index >= 15 is 0 Å². The number of benzene rings is 1. The number of fused-ring (bicyclic) bond motifs is 2. The molecule has 0 radical (unpaired) electrons. The van der Waals surface area contributed by atoms with Crippen LogP contribution in [0.4, 0.5) is 0 Å². The van der Waals surface area contributed by atoms with Crippen LogP contribution in [0, 0.1) is 0 Å². The Labute approximate surface area is 214 Å². The maximum Gasteiger partial charge on any atom is 0.263 e. The number of hydrogen-bond donors (Lipinski definition) is 1. The summed E-state index contributed by atoms with van der Waals surface area (Å²) in [7, 11) is -3.28. The van der Waals surface area contributed by atoms with Gasteiger partial charge in [0.05, 0.1) is 16.5 Å². The van der Waals surface area contributed by atoms with Gasteiger partial charge in [0.1, 0.15) is 5.75 Å². The van der Waals surface area contributed by atoms with Gasteiger partial charge >= 0.3 is 0 Å². The van der Waals surface area contributed by atoms with Crippen molar-refractivity contribution in [2.75, 3.05) is 19.3 Å². The zero-order valence-corrected chi connectivity index (χ0v) is 22.1. The maximum absolute atomic E-state index is 13.1. The number of sulfonamides is 1. The SMILES string of the molecule is CC(Cc1cc2nccc(-c3cc(Cl)cc4c3OC(C(=O)N3CCCCC3)C4)c2s1)NS(C)(=O)=O. The molecule has 5 rings (SSSR count). The predicted molar refractivity (Wildman–Crippen MR) is 140 cm³/mol. The van der Waals surface area contributed by atoms with Gasteiger partial charge in [-0.05, 0) is 56.9 Å². The summed E-state index contributed by atoms with van der Waals surface area (Å²) in [6.07, 6.45) is 6.70. The number of rotatable bonds is 6. The van der Waals surface area contributed by atoms with E-state index in [9.17, 15) is 13.2 Å². The van der Waals surface area contributed by atoms with Crippen molar-refractivity contribution in [3.05, 3.63) is 45.9 Å². The molecule has 0 bridgehead atoms. The zero-order chi connectivity index (χ0) is 24.7. The van der Waals surface area contributed by atoms with Crippen LogP contribution in [-0.2, 0) is 27.7 Å². The highest BCUT2D eigenvalue weighted by Gasteiger charge is 2.35. The average Bonchev–Trinajstić information content (AvgIpc) is 3.40. The molecule has 7 nitrogen and oxygen atoms in total. The van der Waals surface area contributed by atoms with E-state index in [4.69, 9.17) is 16.3 Å². The Morgan fingerprint density at radius 1 is 1.26 bits per heavy atom. The van der Waals surface area contributed by atoms with E-state index in [2.05, 4.69) is 9.71 Å². The second kappa shape index (κ2) is 9.69. The molecule has 1 aromatic carbocycles. The quantitative estimate of drug-likeness (QED) is 0.507. The molecule has 186 valence electrons. The van der Waals surface area contributed by atoms with Crippen molar-refractivity contribution in [2.24, 2.45) is 0 Å². The Balaban J connectivity index is 1.46. The van der Waals surface area contributed by atoms with Gasteiger partial charge < -0.3 is 9.64 Å². The third-order valence-corrected chi connectivity index (χ3v) is 8.64. The van der Waals surface area contributed by atoms with Crippen molar-refractivity contribution in [3.8, 4) is 16.9 Å². The Morgan fingerprint density at radius 3 is 2.77 bits per heavy atom. The van der Waals surface area contributed by atoms with Gasteiger partial charge in [-0.25, -0.2) is 13.1 Å². The molecule has 0 spiro atoms. The minimum absolute atomic E-state index is 0.0496. The summed E-state index contributed by atoms with van der Waals surface area (Å²) in [5, 5.41) is 0.598. The predicted octanol–water partition coefficient (Wildman–Crippen LogP) is 4.41. The lowest BCUT2D eigenvalue weighted by Crippen LogP contribution is -2.43. The van der Waals surface area contributed by atoms with Gasteiger partial charge in [-0.3, -0.25) is 9.78 Å². The molecule has 2 aliphatic heterocycles. The monoisotopic (exact) mass is 533 g/mol. The average molecular weight is 534 g/mol. The molecular weight excluding hydrogens is 506 g/mol. The van der Waals surface area contributed by atoms with Gasteiger partial charge in [-0.2, -0.15) is 0 Å².